The van der Waals surface area contributed by atoms with Crippen LogP contribution in [0.4, 0.5) is 0 Å². The summed E-state index contributed by atoms with van der Waals surface area (Å²) in [6.45, 7) is 0. The molecule has 23 heavy (non-hydrogen) atoms. The van der Waals surface area contributed by atoms with Gasteiger partial charge in [-0.1, -0.05) is 18.2 Å². The minimum absolute atomic E-state index is 0.268. The number of phenolic OH excluding ortho intramolecular Hbond substituents is 1. The number of hydrogen-bond donors (Lipinski definition) is 1. The van der Waals surface area contributed by atoms with Gasteiger partial charge in [0.25, 0.3) is 0 Å². The van der Waals surface area contributed by atoms with Crippen LogP contribution in [-0.4, -0.2) is 26.4 Å². The van der Waals surface area contributed by atoms with Crippen molar-refractivity contribution < 1.29 is 19.3 Å². The number of thioether (sulfide) groups is 1. The van der Waals surface area contributed by atoms with Crippen LogP contribution in [0.1, 0.15) is 11.1 Å². The zero-order valence-corrected chi connectivity index (χ0v) is 14.2. The van der Waals surface area contributed by atoms with Crippen molar-refractivity contribution >= 4 is 17.8 Å². The van der Waals surface area contributed by atoms with Gasteiger partial charge < -0.3 is 19.3 Å². The highest BCUT2D eigenvalue weighted by Crippen LogP contribution is 2.36. The Balaban J connectivity index is 2.12. The van der Waals surface area contributed by atoms with Gasteiger partial charge in [0.05, 0.1) is 21.3 Å². The molecule has 0 fully saturated rings. The van der Waals surface area contributed by atoms with Gasteiger partial charge in [-0.05, 0) is 17.6 Å². The van der Waals surface area contributed by atoms with Crippen LogP contribution in [0.3, 0.4) is 0 Å². The fourth-order valence-electron chi connectivity index (χ4n) is 2.10. The Labute approximate surface area is 140 Å². The number of benzene rings is 2. The summed E-state index contributed by atoms with van der Waals surface area (Å²) >= 11 is 1.59. The minimum Gasteiger partial charge on any atom is -0.507 e. The Morgan fingerprint density at radius 3 is 2.22 bits per heavy atom. The second kappa shape index (κ2) is 8.39. The SMILES string of the molecule is COc1cc(OC)c(CSC=Cc2ccccc2O)c(OC)c1. The standard InChI is InChI=1S/C18H20O4S/c1-20-14-10-17(21-2)15(18(11-14)22-3)12-23-9-8-13-6-4-5-7-16(13)19/h4-11,19H,12H2,1-3H3. The fourth-order valence-corrected chi connectivity index (χ4v) is 2.89. The molecule has 5 heteroatoms. The predicted octanol–water partition coefficient (Wildman–Crippen LogP) is 4.32. The molecule has 2 aromatic rings. The molecule has 2 aromatic carbocycles. The van der Waals surface area contributed by atoms with Gasteiger partial charge in [0.15, 0.2) is 0 Å². The molecule has 2 rings (SSSR count). The van der Waals surface area contributed by atoms with Crippen LogP contribution < -0.4 is 14.2 Å². The molecule has 4 nitrogen and oxygen atoms in total. The third-order valence-electron chi connectivity index (χ3n) is 3.33. The van der Waals surface area contributed by atoms with E-state index in [0.29, 0.717) is 11.5 Å². The lowest BCUT2D eigenvalue weighted by Gasteiger charge is -2.14. The molecule has 0 aliphatic rings. The van der Waals surface area contributed by atoms with Gasteiger partial charge in [-0.25, -0.2) is 0 Å². The molecule has 0 amide bonds. The summed E-state index contributed by atoms with van der Waals surface area (Å²) in [5.41, 5.74) is 1.75. The lowest BCUT2D eigenvalue weighted by Crippen LogP contribution is -1.97. The van der Waals surface area contributed by atoms with Crippen molar-refractivity contribution in [3.63, 3.8) is 0 Å². The lowest BCUT2D eigenvalue weighted by molar-refractivity contribution is 0.371. The smallest absolute Gasteiger partial charge is 0.130 e. The molecule has 0 unspecified atom stereocenters. The summed E-state index contributed by atoms with van der Waals surface area (Å²) in [5.74, 6) is 3.09. The molecular weight excluding hydrogens is 312 g/mol. The Hall–Kier alpha value is -2.27. The van der Waals surface area contributed by atoms with E-state index < -0.39 is 0 Å². The zero-order valence-electron chi connectivity index (χ0n) is 13.4. The first kappa shape index (κ1) is 17.1. The molecule has 122 valence electrons. The average molecular weight is 332 g/mol. The molecule has 0 saturated carbocycles. The van der Waals surface area contributed by atoms with Crippen molar-refractivity contribution in [1.82, 2.24) is 0 Å². The van der Waals surface area contributed by atoms with Crippen molar-refractivity contribution in [2.24, 2.45) is 0 Å². The first-order chi connectivity index (χ1) is 11.2. The Kier molecular flexibility index (Phi) is 6.23. The maximum absolute atomic E-state index is 9.73. The van der Waals surface area contributed by atoms with E-state index in [4.69, 9.17) is 14.2 Å². The first-order valence-electron chi connectivity index (χ1n) is 7.04. The van der Waals surface area contributed by atoms with Crippen LogP contribution in [0, 0.1) is 0 Å². The second-order valence-corrected chi connectivity index (χ2v) is 5.58. The van der Waals surface area contributed by atoms with Crippen LogP contribution in [0.5, 0.6) is 23.0 Å². The maximum Gasteiger partial charge on any atom is 0.130 e. The largest absolute Gasteiger partial charge is 0.507 e. The molecule has 0 aliphatic heterocycles. The van der Waals surface area contributed by atoms with Crippen molar-refractivity contribution in [3.8, 4) is 23.0 Å². The average Bonchev–Trinajstić information content (AvgIpc) is 2.59. The van der Waals surface area contributed by atoms with E-state index >= 15 is 0 Å². The molecule has 0 aliphatic carbocycles. The van der Waals surface area contributed by atoms with Gasteiger partial charge in [-0.2, -0.15) is 0 Å². The van der Waals surface area contributed by atoms with Crippen molar-refractivity contribution in [3.05, 3.63) is 52.9 Å². The van der Waals surface area contributed by atoms with E-state index in [9.17, 15) is 5.11 Å². The third kappa shape index (κ3) is 4.36. The number of phenols is 1. The summed E-state index contributed by atoms with van der Waals surface area (Å²) in [5, 5.41) is 11.7. The summed E-state index contributed by atoms with van der Waals surface area (Å²) in [4.78, 5) is 0. The highest BCUT2D eigenvalue weighted by molar-refractivity contribution is 8.01. The van der Waals surface area contributed by atoms with E-state index in [1.807, 2.05) is 35.7 Å². The van der Waals surface area contributed by atoms with Gasteiger partial charge in [-0.15, -0.1) is 11.8 Å². The van der Waals surface area contributed by atoms with E-state index in [0.717, 1.165) is 22.6 Å². The van der Waals surface area contributed by atoms with E-state index in [2.05, 4.69) is 0 Å². The van der Waals surface area contributed by atoms with E-state index in [1.54, 1.807) is 45.2 Å². The second-order valence-electron chi connectivity index (χ2n) is 4.68. The molecule has 1 N–H and O–H groups in total. The minimum atomic E-state index is 0.268. The predicted molar refractivity (Wildman–Crippen MR) is 94.5 cm³/mol. The monoisotopic (exact) mass is 332 g/mol. The van der Waals surface area contributed by atoms with Crippen molar-refractivity contribution in [2.75, 3.05) is 21.3 Å². The maximum atomic E-state index is 9.73. The van der Waals surface area contributed by atoms with E-state index in [-0.39, 0.29) is 5.75 Å². The molecule has 0 bridgehead atoms. The van der Waals surface area contributed by atoms with Gasteiger partial charge in [-0.3, -0.25) is 0 Å². The topological polar surface area (TPSA) is 47.9 Å². The summed E-state index contributed by atoms with van der Waals surface area (Å²) in [7, 11) is 4.86. The molecule has 0 spiro atoms. The normalized spacial score (nSPS) is 10.7. The summed E-state index contributed by atoms with van der Waals surface area (Å²) < 4.78 is 16.1. The molecule has 0 aromatic heterocycles. The molecule has 0 atom stereocenters. The number of aromatic hydroxyl groups is 1. The van der Waals surface area contributed by atoms with Crippen LogP contribution >= 0.6 is 11.8 Å². The van der Waals surface area contributed by atoms with Crippen LogP contribution in [0.2, 0.25) is 0 Å². The molecule has 0 heterocycles. The number of para-hydroxylation sites is 1. The number of methoxy groups -OCH3 is 3. The first-order valence-corrected chi connectivity index (χ1v) is 8.09. The van der Waals surface area contributed by atoms with Gasteiger partial charge in [0.1, 0.15) is 23.0 Å². The fraction of sp³-hybridized carbons (Fsp3) is 0.222. The summed E-state index contributed by atoms with van der Waals surface area (Å²) in [6.07, 6.45) is 1.88. The van der Waals surface area contributed by atoms with E-state index in [1.165, 1.54) is 0 Å². The number of ether oxygens (including phenoxy) is 3. The Bertz CT molecular complexity index is 657. The molecule has 0 saturated heterocycles. The van der Waals surface area contributed by atoms with Gasteiger partial charge in [0, 0.05) is 29.0 Å². The van der Waals surface area contributed by atoms with Gasteiger partial charge >= 0.3 is 0 Å². The highest BCUT2D eigenvalue weighted by Gasteiger charge is 2.12. The van der Waals surface area contributed by atoms with Crippen molar-refractivity contribution in [2.45, 2.75) is 5.75 Å². The van der Waals surface area contributed by atoms with Crippen LogP contribution in [0.25, 0.3) is 6.08 Å². The lowest BCUT2D eigenvalue weighted by atomic mass is 10.2. The Morgan fingerprint density at radius 2 is 1.65 bits per heavy atom. The Morgan fingerprint density at radius 1 is 1.00 bits per heavy atom. The van der Waals surface area contributed by atoms with Gasteiger partial charge in [0.2, 0.25) is 0 Å². The van der Waals surface area contributed by atoms with Crippen LogP contribution in [-0.2, 0) is 5.75 Å². The number of hydrogen-bond acceptors (Lipinski definition) is 5. The number of rotatable bonds is 7. The third-order valence-corrected chi connectivity index (χ3v) is 4.11. The van der Waals surface area contributed by atoms with Crippen molar-refractivity contribution in [1.29, 1.82) is 0 Å². The zero-order chi connectivity index (χ0) is 16.7. The summed E-state index contributed by atoms with van der Waals surface area (Å²) in [6, 6.07) is 10.9. The highest BCUT2D eigenvalue weighted by atomic mass is 32.2. The van der Waals surface area contributed by atoms with Crippen LogP contribution in [0.15, 0.2) is 41.8 Å². The quantitative estimate of drug-likeness (QED) is 0.818. The molecular formula is C18H20O4S. The molecule has 0 radical (unpaired) electrons.